The summed E-state index contributed by atoms with van der Waals surface area (Å²) >= 11 is 0. The van der Waals surface area contributed by atoms with Crippen LogP contribution in [-0.4, -0.2) is 23.8 Å². The molecule has 0 saturated carbocycles. The van der Waals surface area contributed by atoms with Crippen molar-refractivity contribution in [1.29, 1.82) is 5.26 Å². The quantitative estimate of drug-likeness (QED) is 0.597. The van der Waals surface area contributed by atoms with E-state index in [2.05, 4.69) is 11.4 Å². The highest BCUT2D eigenvalue weighted by Crippen LogP contribution is 2.23. The topological polar surface area (TPSA) is 73.2 Å². The number of nitriles is 1. The molecule has 3 rings (SSSR count). The van der Waals surface area contributed by atoms with Crippen LogP contribution in [0.4, 0.5) is 5.69 Å². The standard InChI is InChI=1S/C26H25N3O2/c1-19(29(2)25(30)16-15-20-11-13-21(18-27)14-12-20)23-9-6-10-24(17-23)28-26(31)22-7-4-3-5-8-22/h3-14,17,19H,15-16H2,1-2H3,(H,28,31). The fraction of sp³-hybridized carbons (Fsp3) is 0.192. The molecule has 31 heavy (non-hydrogen) atoms. The summed E-state index contributed by atoms with van der Waals surface area (Å²) in [6.07, 6.45) is 1.01. The van der Waals surface area contributed by atoms with Gasteiger partial charge in [0, 0.05) is 24.7 Å². The van der Waals surface area contributed by atoms with Crippen molar-refractivity contribution >= 4 is 17.5 Å². The molecule has 5 heteroatoms. The Bertz CT molecular complexity index is 1090. The van der Waals surface area contributed by atoms with E-state index in [1.807, 2.05) is 61.5 Å². The van der Waals surface area contributed by atoms with Crippen molar-refractivity contribution in [3.63, 3.8) is 0 Å². The van der Waals surface area contributed by atoms with E-state index in [-0.39, 0.29) is 17.9 Å². The average Bonchev–Trinajstić information content (AvgIpc) is 2.82. The van der Waals surface area contributed by atoms with Crippen LogP contribution in [0.25, 0.3) is 0 Å². The number of hydrogen-bond donors (Lipinski definition) is 1. The van der Waals surface area contributed by atoms with E-state index in [0.717, 1.165) is 11.1 Å². The van der Waals surface area contributed by atoms with Crippen LogP contribution in [0, 0.1) is 11.3 Å². The Hall–Kier alpha value is -3.91. The fourth-order valence-electron chi connectivity index (χ4n) is 3.28. The van der Waals surface area contributed by atoms with Gasteiger partial charge in [0.2, 0.25) is 5.91 Å². The van der Waals surface area contributed by atoms with E-state index >= 15 is 0 Å². The van der Waals surface area contributed by atoms with E-state index in [4.69, 9.17) is 5.26 Å². The van der Waals surface area contributed by atoms with Gasteiger partial charge in [-0.1, -0.05) is 42.5 Å². The molecule has 0 aliphatic rings. The largest absolute Gasteiger partial charge is 0.339 e. The minimum absolute atomic E-state index is 0.0376. The molecule has 0 radical (unpaired) electrons. The summed E-state index contributed by atoms with van der Waals surface area (Å²) in [6, 6.07) is 25.9. The van der Waals surface area contributed by atoms with Crippen LogP contribution >= 0.6 is 0 Å². The number of carbonyl (C=O) groups is 2. The molecule has 0 aliphatic carbocycles. The molecular formula is C26H25N3O2. The van der Waals surface area contributed by atoms with Crippen LogP contribution < -0.4 is 5.32 Å². The zero-order valence-electron chi connectivity index (χ0n) is 17.7. The highest BCUT2D eigenvalue weighted by atomic mass is 16.2. The molecule has 0 bridgehead atoms. The first-order chi connectivity index (χ1) is 15.0. The molecule has 156 valence electrons. The first kappa shape index (κ1) is 21.8. The van der Waals surface area contributed by atoms with Crippen molar-refractivity contribution in [1.82, 2.24) is 4.90 Å². The van der Waals surface area contributed by atoms with Crippen molar-refractivity contribution in [2.24, 2.45) is 0 Å². The van der Waals surface area contributed by atoms with Crippen molar-refractivity contribution in [2.45, 2.75) is 25.8 Å². The van der Waals surface area contributed by atoms with E-state index in [9.17, 15) is 9.59 Å². The number of rotatable bonds is 7. The van der Waals surface area contributed by atoms with E-state index in [0.29, 0.717) is 29.7 Å². The Morgan fingerprint density at radius 1 is 1.00 bits per heavy atom. The van der Waals surface area contributed by atoms with Gasteiger partial charge >= 0.3 is 0 Å². The van der Waals surface area contributed by atoms with Gasteiger partial charge in [-0.25, -0.2) is 0 Å². The zero-order valence-corrected chi connectivity index (χ0v) is 17.7. The lowest BCUT2D eigenvalue weighted by Crippen LogP contribution is -2.29. The number of aryl methyl sites for hydroxylation is 1. The number of anilines is 1. The molecule has 2 amide bonds. The number of carbonyl (C=O) groups excluding carboxylic acids is 2. The Kier molecular flexibility index (Phi) is 7.18. The van der Waals surface area contributed by atoms with Crippen LogP contribution in [0.2, 0.25) is 0 Å². The number of nitrogens with zero attached hydrogens (tertiary/aromatic N) is 2. The average molecular weight is 412 g/mol. The third-order valence-electron chi connectivity index (χ3n) is 5.35. The van der Waals surface area contributed by atoms with E-state index in [1.54, 1.807) is 36.2 Å². The molecule has 1 atom stereocenters. The second-order valence-electron chi connectivity index (χ2n) is 7.43. The number of amides is 2. The number of hydrogen-bond acceptors (Lipinski definition) is 3. The maximum absolute atomic E-state index is 12.7. The predicted molar refractivity (Wildman–Crippen MR) is 122 cm³/mol. The van der Waals surface area contributed by atoms with E-state index in [1.165, 1.54) is 0 Å². The highest BCUT2D eigenvalue weighted by Gasteiger charge is 2.18. The lowest BCUT2D eigenvalue weighted by Gasteiger charge is -2.26. The first-order valence-electron chi connectivity index (χ1n) is 10.2. The lowest BCUT2D eigenvalue weighted by molar-refractivity contribution is -0.131. The predicted octanol–water partition coefficient (Wildman–Crippen LogP) is 4.96. The van der Waals surface area contributed by atoms with Crippen LogP contribution in [0.5, 0.6) is 0 Å². The second kappa shape index (κ2) is 10.2. The van der Waals surface area contributed by atoms with Gasteiger partial charge in [0.1, 0.15) is 0 Å². The SMILES string of the molecule is CC(c1cccc(NC(=O)c2ccccc2)c1)N(C)C(=O)CCc1ccc(C#N)cc1. The molecule has 1 N–H and O–H groups in total. The van der Waals surface area contributed by atoms with Crippen LogP contribution in [0.1, 0.15) is 46.4 Å². The summed E-state index contributed by atoms with van der Waals surface area (Å²) in [6.45, 7) is 1.97. The van der Waals surface area contributed by atoms with Gasteiger partial charge in [-0.05, 0) is 60.9 Å². The minimum Gasteiger partial charge on any atom is -0.339 e. The van der Waals surface area contributed by atoms with E-state index < -0.39 is 0 Å². The van der Waals surface area contributed by atoms with Crippen LogP contribution in [0.3, 0.4) is 0 Å². The van der Waals surface area contributed by atoms with Gasteiger partial charge in [-0.15, -0.1) is 0 Å². The van der Waals surface area contributed by atoms with Gasteiger partial charge < -0.3 is 10.2 Å². The monoisotopic (exact) mass is 411 g/mol. The Morgan fingerprint density at radius 2 is 1.71 bits per heavy atom. The summed E-state index contributed by atoms with van der Waals surface area (Å²) in [5.74, 6) is -0.132. The van der Waals surface area contributed by atoms with Crippen molar-refractivity contribution in [3.8, 4) is 6.07 Å². The molecule has 1 unspecified atom stereocenters. The third kappa shape index (κ3) is 5.80. The first-order valence-corrected chi connectivity index (χ1v) is 10.2. The van der Waals surface area contributed by atoms with Gasteiger partial charge in [-0.2, -0.15) is 5.26 Å². The molecule has 0 heterocycles. The summed E-state index contributed by atoms with van der Waals surface area (Å²) in [7, 11) is 1.79. The lowest BCUT2D eigenvalue weighted by atomic mass is 10.0. The van der Waals surface area contributed by atoms with Gasteiger partial charge in [-0.3, -0.25) is 9.59 Å². The Morgan fingerprint density at radius 3 is 2.39 bits per heavy atom. The minimum atomic E-state index is -0.169. The third-order valence-corrected chi connectivity index (χ3v) is 5.35. The molecule has 3 aromatic carbocycles. The molecule has 0 aliphatic heterocycles. The summed E-state index contributed by atoms with van der Waals surface area (Å²) in [5.41, 5.74) is 3.87. The van der Waals surface area contributed by atoms with Crippen molar-refractivity contribution in [2.75, 3.05) is 12.4 Å². The van der Waals surface area contributed by atoms with Crippen molar-refractivity contribution in [3.05, 3.63) is 101 Å². The molecular weight excluding hydrogens is 386 g/mol. The van der Waals surface area contributed by atoms with Gasteiger partial charge in [0.25, 0.3) is 5.91 Å². The molecule has 0 fully saturated rings. The second-order valence-corrected chi connectivity index (χ2v) is 7.43. The Balaban J connectivity index is 1.61. The molecule has 0 saturated heterocycles. The molecule has 5 nitrogen and oxygen atoms in total. The summed E-state index contributed by atoms with van der Waals surface area (Å²) in [5, 5.41) is 11.8. The summed E-state index contributed by atoms with van der Waals surface area (Å²) < 4.78 is 0. The fourth-order valence-corrected chi connectivity index (χ4v) is 3.28. The smallest absolute Gasteiger partial charge is 0.255 e. The Labute approximate surface area is 182 Å². The number of benzene rings is 3. The molecule has 0 spiro atoms. The maximum Gasteiger partial charge on any atom is 0.255 e. The van der Waals surface area contributed by atoms with Gasteiger partial charge in [0.05, 0.1) is 17.7 Å². The van der Waals surface area contributed by atoms with Crippen LogP contribution in [-0.2, 0) is 11.2 Å². The summed E-state index contributed by atoms with van der Waals surface area (Å²) in [4.78, 5) is 26.8. The maximum atomic E-state index is 12.7. The molecule has 3 aromatic rings. The highest BCUT2D eigenvalue weighted by molar-refractivity contribution is 6.04. The number of nitrogens with one attached hydrogen (secondary N) is 1. The zero-order chi connectivity index (χ0) is 22.2. The van der Waals surface area contributed by atoms with Gasteiger partial charge in [0.15, 0.2) is 0 Å². The molecule has 0 aromatic heterocycles. The van der Waals surface area contributed by atoms with Crippen LogP contribution in [0.15, 0.2) is 78.9 Å². The normalized spacial score (nSPS) is 11.3. The van der Waals surface area contributed by atoms with Crippen molar-refractivity contribution < 1.29 is 9.59 Å².